The van der Waals surface area contributed by atoms with Crippen LogP contribution in [0.3, 0.4) is 0 Å². The van der Waals surface area contributed by atoms with E-state index in [1.165, 1.54) is 18.6 Å². The Labute approximate surface area is 126 Å². The fraction of sp³-hybridized carbons (Fsp3) is 0.882. The third kappa shape index (κ3) is 3.67. The van der Waals surface area contributed by atoms with E-state index in [1.54, 1.807) is 0 Å². The number of hydrogen-bond donors (Lipinski definition) is 0. The van der Waals surface area contributed by atoms with E-state index in [1.807, 2.05) is 0 Å². The van der Waals surface area contributed by atoms with Crippen molar-refractivity contribution in [2.75, 3.05) is 0 Å². The maximum absolute atomic E-state index is 6.35. The molecular formula is C17H32O2Si. The molecule has 0 spiro atoms. The van der Waals surface area contributed by atoms with Crippen LogP contribution in [0.1, 0.15) is 53.4 Å². The molecule has 3 atom stereocenters. The first kappa shape index (κ1) is 16.1. The average molecular weight is 297 g/mol. The predicted molar refractivity (Wildman–Crippen MR) is 87.2 cm³/mol. The topological polar surface area (TPSA) is 18.5 Å². The van der Waals surface area contributed by atoms with Gasteiger partial charge < -0.3 is 9.16 Å². The van der Waals surface area contributed by atoms with Gasteiger partial charge in [0.15, 0.2) is 0 Å². The first-order chi connectivity index (χ1) is 9.00. The maximum Gasteiger partial charge on any atom is 0.241 e. The number of rotatable bonds is 3. The molecule has 0 aliphatic heterocycles. The lowest BCUT2D eigenvalue weighted by Crippen LogP contribution is -2.41. The van der Waals surface area contributed by atoms with Crippen LogP contribution in [0.25, 0.3) is 0 Å². The van der Waals surface area contributed by atoms with Gasteiger partial charge in [0.2, 0.25) is 8.32 Å². The summed E-state index contributed by atoms with van der Waals surface area (Å²) in [5, 5.41) is 0. The SMILES string of the molecule is CC(C)(C)O[C@H]1CC[C@@H]2CC(O[Si](C)(C)C)=CC[C@@]21C. The molecule has 1 fully saturated rings. The predicted octanol–water partition coefficient (Wildman–Crippen LogP) is 5.12. The third-order valence-corrected chi connectivity index (χ3v) is 5.47. The molecule has 1 saturated carbocycles. The molecule has 0 heterocycles. The zero-order valence-electron chi connectivity index (χ0n) is 14.4. The summed E-state index contributed by atoms with van der Waals surface area (Å²) in [6, 6.07) is 0. The highest BCUT2D eigenvalue weighted by atomic mass is 28.4. The van der Waals surface area contributed by atoms with Crippen LogP contribution in [-0.2, 0) is 9.16 Å². The second kappa shape index (κ2) is 5.17. The van der Waals surface area contributed by atoms with E-state index in [2.05, 4.69) is 53.4 Å². The number of fused-ring (bicyclic) bond motifs is 1. The normalized spacial score (nSPS) is 34.6. The Morgan fingerprint density at radius 3 is 2.40 bits per heavy atom. The molecule has 0 saturated heterocycles. The average Bonchev–Trinajstić information content (AvgIpc) is 2.52. The van der Waals surface area contributed by atoms with Crippen LogP contribution in [0.5, 0.6) is 0 Å². The van der Waals surface area contributed by atoms with Crippen LogP contribution in [0.4, 0.5) is 0 Å². The van der Waals surface area contributed by atoms with Crippen molar-refractivity contribution in [2.45, 2.75) is 84.7 Å². The van der Waals surface area contributed by atoms with E-state index >= 15 is 0 Å². The lowest BCUT2D eigenvalue weighted by atomic mass is 9.70. The fourth-order valence-corrected chi connectivity index (χ4v) is 4.62. The summed E-state index contributed by atoms with van der Waals surface area (Å²) in [4.78, 5) is 0. The summed E-state index contributed by atoms with van der Waals surface area (Å²) < 4.78 is 12.6. The molecule has 2 aliphatic carbocycles. The highest BCUT2D eigenvalue weighted by molar-refractivity contribution is 6.70. The summed E-state index contributed by atoms with van der Waals surface area (Å²) in [5.74, 6) is 1.98. The van der Waals surface area contributed by atoms with Gasteiger partial charge in [0.25, 0.3) is 0 Å². The molecule has 2 aliphatic rings. The van der Waals surface area contributed by atoms with Crippen LogP contribution in [-0.4, -0.2) is 20.0 Å². The molecule has 20 heavy (non-hydrogen) atoms. The highest BCUT2D eigenvalue weighted by Gasteiger charge is 2.49. The van der Waals surface area contributed by atoms with Gasteiger partial charge in [-0.15, -0.1) is 0 Å². The summed E-state index contributed by atoms with van der Waals surface area (Å²) in [6.45, 7) is 15.7. The third-order valence-electron chi connectivity index (χ3n) is 4.60. The Kier molecular flexibility index (Phi) is 4.16. The number of hydrogen-bond acceptors (Lipinski definition) is 2. The lowest BCUT2D eigenvalue weighted by Gasteiger charge is -2.42. The minimum atomic E-state index is -1.47. The van der Waals surface area contributed by atoms with Crippen molar-refractivity contribution in [3.05, 3.63) is 11.8 Å². The zero-order chi connectivity index (χ0) is 15.2. The summed E-state index contributed by atoms with van der Waals surface area (Å²) in [5.41, 5.74) is 0.265. The first-order valence-corrected chi connectivity index (χ1v) is 11.5. The Morgan fingerprint density at radius 1 is 1.20 bits per heavy atom. The monoisotopic (exact) mass is 296 g/mol. The second-order valence-electron chi connectivity index (χ2n) is 8.79. The number of ether oxygens (including phenoxy) is 1. The van der Waals surface area contributed by atoms with Crippen molar-refractivity contribution in [1.29, 1.82) is 0 Å². The van der Waals surface area contributed by atoms with E-state index in [4.69, 9.17) is 9.16 Å². The Morgan fingerprint density at radius 2 is 1.85 bits per heavy atom. The van der Waals surface area contributed by atoms with E-state index in [0.717, 1.165) is 18.8 Å². The summed E-state index contributed by atoms with van der Waals surface area (Å²) in [6.07, 6.45) is 7.45. The lowest BCUT2D eigenvalue weighted by molar-refractivity contribution is -0.110. The van der Waals surface area contributed by atoms with E-state index in [9.17, 15) is 0 Å². The van der Waals surface area contributed by atoms with Crippen LogP contribution in [0, 0.1) is 11.3 Å². The van der Waals surface area contributed by atoms with E-state index in [-0.39, 0.29) is 5.60 Å². The largest absolute Gasteiger partial charge is 0.548 e. The van der Waals surface area contributed by atoms with Crippen molar-refractivity contribution in [3.63, 3.8) is 0 Å². The molecule has 2 rings (SSSR count). The molecule has 116 valence electrons. The minimum Gasteiger partial charge on any atom is -0.548 e. The minimum absolute atomic E-state index is 0.0403. The molecule has 0 amide bonds. The first-order valence-electron chi connectivity index (χ1n) is 8.05. The van der Waals surface area contributed by atoms with Gasteiger partial charge in [-0.25, -0.2) is 0 Å². The van der Waals surface area contributed by atoms with Crippen molar-refractivity contribution in [2.24, 2.45) is 11.3 Å². The van der Waals surface area contributed by atoms with Crippen molar-refractivity contribution in [3.8, 4) is 0 Å². The van der Waals surface area contributed by atoms with Gasteiger partial charge in [0.1, 0.15) is 0 Å². The van der Waals surface area contributed by atoms with Crippen LogP contribution in [0.2, 0.25) is 19.6 Å². The van der Waals surface area contributed by atoms with Gasteiger partial charge in [-0.2, -0.15) is 0 Å². The molecule has 0 N–H and O–H groups in total. The van der Waals surface area contributed by atoms with Gasteiger partial charge in [-0.05, 0) is 71.7 Å². The van der Waals surface area contributed by atoms with Gasteiger partial charge >= 0.3 is 0 Å². The van der Waals surface area contributed by atoms with Gasteiger partial charge in [0, 0.05) is 11.8 Å². The standard InChI is InChI=1S/C17H32O2Si/c1-16(2,3)18-15-9-8-13-12-14(19-20(5,6)7)10-11-17(13,15)4/h10,13,15H,8-9,11-12H2,1-7H3/t13-,15+,17+/m1/s1. The quantitative estimate of drug-likeness (QED) is 0.673. The highest BCUT2D eigenvalue weighted by Crippen LogP contribution is 2.53. The molecule has 0 aromatic rings. The van der Waals surface area contributed by atoms with Crippen molar-refractivity contribution >= 4 is 8.32 Å². The Balaban J connectivity index is 2.08. The molecular weight excluding hydrogens is 264 g/mol. The molecule has 0 aromatic heterocycles. The van der Waals surface area contributed by atoms with Gasteiger partial charge in [-0.3, -0.25) is 0 Å². The van der Waals surface area contributed by atoms with Crippen LogP contribution < -0.4 is 0 Å². The molecule has 0 aromatic carbocycles. The molecule has 2 nitrogen and oxygen atoms in total. The molecule has 0 unspecified atom stereocenters. The Bertz CT molecular complexity index is 389. The van der Waals surface area contributed by atoms with Crippen LogP contribution in [0.15, 0.2) is 11.8 Å². The van der Waals surface area contributed by atoms with Gasteiger partial charge in [-0.1, -0.05) is 6.92 Å². The second-order valence-corrected chi connectivity index (χ2v) is 13.2. The fourth-order valence-electron chi connectivity index (χ4n) is 3.67. The van der Waals surface area contributed by atoms with E-state index < -0.39 is 8.32 Å². The Hall–Kier alpha value is -0.283. The zero-order valence-corrected chi connectivity index (χ0v) is 15.4. The van der Waals surface area contributed by atoms with Crippen molar-refractivity contribution < 1.29 is 9.16 Å². The molecule has 3 heteroatoms. The van der Waals surface area contributed by atoms with E-state index in [0.29, 0.717) is 11.5 Å². The summed E-state index contributed by atoms with van der Waals surface area (Å²) >= 11 is 0. The van der Waals surface area contributed by atoms with Gasteiger partial charge in [0.05, 0.1) is 17.5 Å². The molecule has 0 bridgehead atoms. The van der Waals surface area contributed by atoms with Crippen LogP contribution >= 0.6 is 0 Å². The maximum atomic E-state index is 6.35. The smallest absolute Gasteiger partial charge is 0.241 e. The number of allylic oxidation sites excluding steroid dienone is 2. The molecule has 0 radical (unpaired) electrons. The van der Waals surface area contributed by atoms with Crippen molar-refractivity contribution in [1.82, 2.24) is 0 Å². The summed E-state index contributed by atoms with van der Waals surface area (Å²) in [7, 11) is -1.47.